The summed E-state index contributed by atoms with van der Waals surface area (Å²) in [7, 11) is 0. The lowest BCUT2D eigenvalue weighted by Crippen LogP contribution is -2.35. The molecule has 162 valence electrons. The first-order valence-electron chi connectivity index (χ1n) is 9.69. The predicted molar refractivity (Wildman–Crippen MR) is 128 cm³/mol. The molecule has 0 aliphatic carbocycles. The molecule has 1 saturated heterocycles. The van der Waals surface area contributed by atoms with Crippen LogP contribution in [0.5, 0.6) is 5.75 Å². The highest BCUT2D eigenvalue weighted by atomic mass is 32.2. The van der Waals surface area contributed by atoms with Gasteiger partial charge in [0.2, 0.25) is 0 Å². The highest BCUT2D eigenvalue weighted by Gasteiger charge is 2.23. The number of amides is 1. The van der Waals surface area contributed by atoms with Crippen LogP contribution in [0.2, 0.25) is 0 Å². The van der Waals surface area contributed by atoms with Gasteiger partial charge in [-0.15, -0.1) is 34.4 Å². The topological polar surface area (TPSA) is 118 Å². The molecule has 0 spiro atoms. The minimum absolute atomic E-state index is 0.00169. The highest BCUT2D eigenvalue weighted by Crippen LogP contribution is 2.40. The van der Waals surface area contributed by atoms with E-state index in [4.69, 9.17) is 26.6 Å². The number of thiophene rings is 1. The summed E-state index contributed by atoms with van der Waals surface area (Å²) in [5.41, 5.74) is 14.3. The molecule has 7 nitrogen and oxygen atoms in total. The fourth-order valence-electron chi connectivity index (χ4n) is 3.33. The Morgan fingerprint density at radius 1 is 1.42 bits per heavy atom. The van der Waals surface area contributed by atoms with Crippen molar-refractivity contribution in [2.75, 3.05) is 26.0 Å². The summed E-state index contributed by atoms with van der Waals surface area (Å²) in [5, 5.41) is 10.6. The molecule has 1 unspecified atom stereocenters. The van der Waals surface area contributed by atoms with Gasteiger partial charge >= 0.3 is 0 Å². The van der Waals surface area contributed by atoms with E-state index >= 15 is 0 Å². The first kappa shape index (κ1) is 21.8. The van der Waals surface area contributed by atoms with Crippen LogP contribution in [0.15, 0.2) is 39.9 Å². The number of carbonyl (C=O) groups is 1. The summed E-state index contributed by atoms with van der Waals surface area (Å²) in [6, 6.07) is 9.59. The number of amidine groups is 1. The standard InChI is InChI=1S/C21H23N5O2S3/c1-29-21-15(8-17(31-21)19(23)24)20-25-16(11-30-20)12-3-2-4-14(7-12)28-10-18(27)26-6-5-13(22)9-26/h2-4,7-8,11,13H,5-6,9-10,22H2,1H3,(H3,23,24). The van der Waals surface area contributed by atoms with Gasteiger partial charge in [0.15, 0.2) is 6.61 Å². The number of nitrogens with zero attached hydrogens (tertiary/aromatic N) is 2. The van der Waals surface area contributed by atoms with Gasteiger partial charge < -0.3 is 21.1 Å². The van der Waals surface area contributed by atoms with Gasteiger partial charge in [0.25, 0.3) is 5.91 Å². The van der Waals surface area contributed by atoms with E-state index in [1.807, 2.05) is 42.0 Å². The molecule has 1 aliphatic heterocycles. The van der Waals surface area contributed by atoms with Crippen LogP contribution >= 0.6 is 34.4 Å². The number of nitrogens with two attached hydrogens (primary N) is 2. The number of ether oxygens (including phenoxy) is 1. The number of likely N-dealkylation sites (tertiary alicyclic amines) is 1. The van der Waals surface area contributed by atoms with Crippen molar-refractivity contribution in [1.29, 1.82) is 5.41 Å². The zero-order chi connectivity index (χ0) is 22.0. The minimum atomic E-state index is -0.0439. The van der Waals surface area contributed by atoms with Crippen LogP contribution in [0, 0.1) is 5.41 Å². The summed E-state index contributed by atoms with van der Waals surface area (Å²) in [6.07, 6.45) is 2.84. The number of carbonyl (C=O) groups excluding carboxylic acids is 1. The Morgan fingerprint density at radius 3 is 2.97 bits per heavy atom. The van der Waals surface area contributed by atoms with Crippen molar-refractivity contribution >= 4 is 46.2 Å². The van der Waals surface area contributed by atoms with Crippen LogP contribution in [0.1, 0.15) is 11.3 Å². The molecule has 10 heteroatoms. The monoisotopic (exact) mass is 473 g/mol. The van der Waals surface area contributed by atoms with Crippen molar-refractivity contribution in [3.05, 3.63) is 40.6 Å². The maximum absolute atomic E-state index is 12.3. The van der Waals surface area contributed by atoms with Crippen LogP contribution in [0.25, 0.3) is 21.8 Å². The van der Waals surface area contributed by atoms with Crippen LogP contribution in [-0.4, -0.2) is 53.6 Å². The van der Waals surface area contributed by atoms with E-state index in [0.717, 1.165) is 37.3 Å². The molecule has 1 atom stereocenters. The largest absolute Gasteiger partial charge is 0.484 e. The third-order valence-electron chi connectivity index (χ3n) is 4.95. The van der Waals surface area contributed by atoms with Crippen molar-refractivity contribution in [3.63, 3.8) is 0 Å². The molecule has 5 N–H and O–H groups in total. The third-order valence-corrected chi connectivity index (χ3v) is 8.13. The fraction of sp³-hybridized carbons (Fsp3) is 0.286. The molecule has 1 aromatic carbocycles. The number of thiazole rings is 1. The van der Waals surface area contributed by atoms with E-state index in [9.17, 15) is 4.79 Å². The highest BCUT2D eigenvalue weighted by molar-refractivity contribution is 8.00. The Labute approximate surface area is 192 Å². The third kappa shape index (κ3) is 4.93. The van der Waals surface area contributed by atoms with E-state index in [2.05, 4.69) is 0 Å². The number of nitrogen functional groups attached to an aromatic ring is 1. The molecule has 31 heavy (non-hydrogen) atoms. The summed E-state index contributed by atoms with van der Waals surface area (Å²) >= 11 is 4.68. The Kier molecular flexibility index (Phi) is 6.61. The van der Waals surface area contributed by atoms with E-state index in [1.54, 1.807) is 28.0 Å². The minimum Gasteiger partial charge on any atom is -0.484 e. The molecule has 1 amide bonds. The molecule has 0 saturated carbocycles. The molecule has 1 aliphatic rings. The molecular weight excluding hydrogens is 450 g/mol. The molecular formula is C21H23N5O2S3. The maximum Gasteiger partial charge on any atom is 0.260 e. The van der Waals surface area contributed by atoms with Crippen LogP contribution in [0.3, 0.4) is 0 Å². The van der Waals surface area contributed by atoms with Gasteiger partial charge in [-0.1, -0.05) is 12.1 Å². The van der Waals surface area contributed by atoms with Gasteiger partial charge in [0, 0.05) is 35.6 Å². The van der Waals surface area contributed by atoms with Crippen molar-refractivity contribution in [1.82, 2.24) is 9.88 Å². The number of nitrogens with one attached hydrogen (secondary N) is 1. The lowest BCUT2D eigenvalue weighted by molar-refractivity contribution is -0.132. The van der Waals surface area contributed by atoms with E-state index in [0.29, 0.717) is 18.8 Å². The maximum atomic E-state index is 12.3. The summed E-state index contributed by atoms with van der Waals surface area (Å²) in [4.78, 5) is 19.6. The molecule has 0 radical (unpaired) electrons. The first-order valence-corrected chi connectivity index (χ1v) is 12.6. The van der Waals surface area contributed by atoms with Gasteiger partial charge in [-0.2, -0.15) is 0 Å². The van der Waals surface area contributed by atoms with Crippen molar-refractivity contribution in [3.8, 4) is 27.6 Å². The van der Waals surface area contributed by atoms with Crippen LogP contribution in [0.4, 0.5) is 0 Å². The quantitative estimate of drug-likeness (QED) is 0.275. The molecule has 1 fully saturated rings. The Balaban J connectivity index is 1.48. The van der Waals surface area contributed by atoms with Crippen molar-refractivity contribution in [2.45, 2.75) is 16.7 Å². The second-order valence-corrected chi connectivity index (χ2v) is 10.2. The smallest absolute Gasteiger partial charge is 0.260 e. The number of rotatable bonds is 7. The normalized spacial score (nSPS) is 15.9. The van der Waals surface area contributed by atoms with Crippen LogP contribution in [-0.2, 0) is 4.79 Å². The van der Waals surface area contributed by atoms with Gasteiger partial charge in [0.05, 0.1) is 14.8 Å². The number of hydrogen-bond donors (Lipinski definition) is 3. The molecule has 2 aromatic heterocycles. The molecule has 4 rings (SSSR count). The summed E-state index contributed by atoms with van der Waals surface area (Å²) in [6.45, 7) is 1.28. The first-order chi connectivity index (χ1) is 14.9. The lowest BCUT2D eigenvalue weighted by Gasteiger charge is -2.16. The lowest BCUT2D eigenvalue weighted by atomic mass is 10.1. The van der Waals surface area contributed by atoms with E-state index < -0.39 is 0 Å². The number of benzene rings is 1. The van der Waals surface area contributed by atoms with E-state index in [1.165, 1.54) is 11.3 Å². The average molecular weight is 474 g/mol. The summed E-state index contributed by atoms with van der Waals surface area (Å²) in [5.74, 6) is 0.652. The Hall–Kier alpha value is -2.40. The Morgan fingerprint density at radius 2 is 2.26 bits per heavy atom. The zero-order valence-electron chi connectivity index (χ0n) is 17.0. The van der Waals surface area contributed by atoms with Crippen LogP contribution < -0.4 is 16.2 Å². The second kappa shape index (κ2) is 9.39. The Bertz CT molecular complexity index is 1110. The molecule has 3 aromatic rings. The van der Waals surface area contributed by atoms with Gasteiger partial charge in [-0.05, 0) is 30.9 Å². The van der Waals surface area contributed by atoms with Crippen molar-refractivity contribution < 1.29 is 9.53 Å². The van der Waals surface area contributed by atoms with Gasteiger partial charge in [-0.25, -0.2) is 4.98 Å². The number of hydrogen-bond acceptors (Lipinski definition) is 8. The van der Waals surface area contributed by atoms with Gasteiger partial charge in [-0.3, -0.25) is 10.2 Å². The average Bonchev–Trinajstić information content (AvgIpc) is 3.50. The number of thioether (sulfide) groups is 1. The summed E-state index contributed by atoms with van der Waals surface area (Å²) < 4.78 is 6.83. The number of aromatic nitrogens is 1. The predicted octanol–water partition coefficient (Wildman–Crippen LogP) is 3.48. The SMILES string of the molecule is CSc1sc(C(=N)N)cc1-c1nc(-c2cccc(OCC(=O)N3CCC(N)C3)c2)cs1. The van der Waals surface area contributed by atoms with E-state index in [-0.39, 0.29) is 24.4 Å². The van der Waals surface area contributed by atoms with Gasteiger partial charge in [0.1, 0.15) is 16.6 Å². The second-order valence-electron chi connectivity index (χ2n) is 7.17. The fourth-order valence-corrected chi connectivity index (χ4v) is 6.04. The molecule has 0 bridgehead atoms. The molecule has 3 heterocycles. The zero-order valence-corrected chi connectivity index (χ0v) is 19.4. The van der Waals surface area contributed by atoms with Crippen molar-refractivity contribution in [2.24, 2.45) is 11.5 Å².